The first-order valence-corrected chi connectivity index (χ1v) is 6.22. The molecule has 2 rings (SSSR count). The molecular formula is C13H20N6. The van der Waals surface area contributed by atoms with E-state index in [0.717, 1.165) is 18.1 Å². The summed E-state index contributed by atoms with van der Waals surface area (Å²) < 4.78 is 1.90. The first-order valence-electron chi connectivity index (χ1n) is 6.22. The highest BCUT2D eigenvalue weighted by molar-refractivity contribution is 5.41. The summed E-state index contributed by atoms with van der Waals surface area (Å²) in [4.78, 5) is 10.5. The van der Waals surface area contributed by atoms with Crippen molar-refractivity contribution >= 4 is 11.8 Å². The van der Waals surface area contributed by atoms with Gasteiger partial charge in [0.2, 0.25) is 5.95 Å². The summed E-state index contributed by atoms with van der Waals surface area (Å²) in [5, 5.41) is 7.72. The molecule has 0 unspecified atom stereocenters. The van der Waals surface area contributed by atoms with Crippen LogP contribution in [0.4, 0.5) is 11.8 Å². The molecule has 0 saturated carbocycles. The van der Waals surface area contributed by atoms with Crippen LogP contribution in [0, 0.1) is 13.8 Å². The van der Waals surface area contributed by atoms with E-state index in [1.54, 1.807) is 6.20 Å². The molecule has 6 heteroatoms. The number of aryl methyl sites for hydroxylation is 2. The summed E-state index contributed by atoms with van der Waals surface area (Å²) in [5.41, 5.74) is 3.44. The third-order valence-corrected chi connectivity index (χ3v) is 3.15. The quantitative estimate of drug-likeness (QED) is 0.903. The lowest BCUT2D eigenvalue weighted by atomic mass is 10.2. The van der Waals surface area contributed by atoms with Crippen molar-refractivity contribution in [1.82, 2.24) is 19.7 Å². The van der Waals surface area contributed by atoms with Crippen LogP contribution in [0.3, 0.4) is 0 Å². The molecule has 1 N–H and O–H groups in total. The Morgan fingerprint density at radius 2 is 2.05 bits per heavy atom. The van der Waals surface area contributed by atoms with Gasteiger partial charge < -0.3 is 10.2 Å². The van der Waals surface area contributed by atoms with Crippen LogP contribution in [0.25, 0.3) is 0 Å². The van der Waals surface area contributed by atoms with Crippen molar-refractivity contribution in [2.24, 2.45) is 7.05 Å². The van der Waals surface area contributed by atoms with E-state index in [1.165, 1.54) is 11.3 Å². The fourth-order valence-electron chi connectivity index (χ4n) is 1.91. The van der Waals surface area contributed by atoms with Crippen molar-refractivity contribution in [3.63, 3.8) is 0 Å². The normalized spacial score (nSPS) is 10.6. The van der Waals surface area contributed by atoms with Gasteiger partial charge in [0.05, 0.1) is 5.69 Å². The van der Waals surface area contributed by atoms with E-state index in [2.05, 4.69) is 27.3 Å². The van der Waals surface area contributed by atoms with E-state index in [1.807, 2.05) is 43.7 Å². The van der Waals surface area contributed by atoms with Gasteiger partial charge in [0.15, 0.2) is 0 Å². The molecule has 19 heavy (non-hydrogen) atoms. The minimum atomic E-state index is 0.699. The minimum absolute atomic E-state index is 0.699. The number of nitrogens with zero attached hydrogens (tertiary/aromatic N) is 5. The van der Waals surface area contributed by atoms with Crippen LogP contribution in [0.2, 0.25) is 0 Å². The minimum Gasteiger partial charge on any atom is -0.366 e. The van der Waals surface area contributed by atoms with Crippen LogP contribution in [0.1, 0.15) is 17.0 Å². The second kappa shape index (κ2) is 5.26. The molecule has 0 amide bonds. The Bertz CT molecular complexity index is 573. The molecule has 0 atom stereocenters. The summed E-state index contributed by atoms with van der Waals surface area (Å²) in [6.45, 7) is 4.81. The standard InChI is InChI=1S/C13H20N6/c1-9-11(10(2)19(5)17-9)8-15-12-6-7-14-13(16-12)18(3)4/h6-7H,8H2,1-5H3,(H,14,15,16). The van der Waals surface area contributed by atoms with Crippen LogP contribution in [0.5, 0.6) is 0 Å². The zero-order valence-corrected chi connectivity index (χ0v) is 12.1. The largest absolute Gasteiger partial charge is 0.366 e. The van der Waals surface area contributed by atoms with E-state index < -0.39 is 0 Å². The molecule has 0 bridgehead atoms. The van der Waals surface area contributed by atoms with Gasteiger partial charge in [-0.15, -0.1) is 0 Å². The highest BCUT2D eigenvalue weighted by Crippen LogP contribution is 2.14. The molecule has 0 aromatic carbocycles. The van der Waals surface area contributed by atoms with Crippen LogP contribution in [-0.4, -0.2) is 33.8 Å². The number of anilines is 2. The lowest BCUT2D eigenvalue weighted by molar-refractivity contribution is 0.730. The molecule has 0 spiro atoms. The second-order valence-corrected chi connectivity index (χ2v) is 4.76. The molecule has 2 aromatic rings. The molecule has 2 aromatic heterocycles. The Morgan fingerprint density at radius 3 is 2.63 bits per heavy atom. The topological polar surface area (TPSA) is 58.9 Å². The number of hydrogen-bond donors (Lipinski definition) is 1. The summed E-state index contributed by atoms with van der Waals surface area (Å²) >= 11 is 0. The molecule has 102 valence electrons. The maximum atomic E-state index is 4.43. The van der Waals surface area contributed by atoms with Crippen molar-refractivity contribution in [3.8, 4) is 0 Å². The SMILES string of the molecule is Cc1nn(C)c(C)c1CNc1ccnc(N(C)C)n1. The molecular weight excluding hydrogens is 240 g/mol. The third-order valence-electron chi connectivity index (χ3n) is 3.15. The van der Waals surface area contributed by atoms with Gasteiger partial charge in [-0.3, -0.25) is 4.68 Å². The van der Waals surface area contributed by atoms with Gasteiger partial charge in [0, 0.05) is 45.1 Å². The average molecular weight is 260 g/mol. The van der Waals surface area contributed by atoms with Crippen molar-refractivity contribution in [3.05, 3.63) is 29.2 Å². The van der Waals surface area contributed by atoms with Gasteiger partial charge in [-0.1, -0.05) is 0 Å². The number of nitrogens with one attached hydrogen (secondary N) is 1. The van der Waals surface area contributed by atoms with Gasteiger partial charge in [-0.2, -0.15) is 10.1 Å². The Labute approximate surface area is 113 Å². The van der Waals surface area contributed by atoms with E-state index in [0.29, 0.717) is 5.95 Å². The van der Waals surface area contributed by atoms with E-state index in [-0.39, 0.29) is 0 Å². The van der Waals surface area contributed by atoms with Gasteiger partial charge in [-0.25, -0.2) is 4.98 Å². The van der Waals surface area contributed by atoms with Crippen LogP contribution < -0.4 is 10.2 Å². The van der Waals surface area contributed by atoms with Crippen molar-refractivity contribution < 1.29 is 0 Å². The van der Waals surface area contributed by atoms with E-state index in [4.69, 9.17) is 0 Å². The van der Waals surface area contributed by atoms with Crippen molar-refractivity contribution in [2.45, 2.75) is 20.4 Å². The summed E-state index contributed by atoms with van der Waals surface area (Å²) in [6.07, 6.45) is 1.76. The zero-order valence-electron chi connectivity index (χ0n) is 12.1. The van der Waals surface area contributed by atoms with Gasteiger partial charge in [0.1, 0.15) is 5.82 Å². The average Bonchev–Trinajstić information content (AvgIpc) is 2.61. The first-order chi connectivity index (χ1) is 8.99. The molecule has 0 saturated heterocycles. The summed E-state index contributed by atoms with van der Waals surface area (Å²) in [5.74, 6) is 1.52. The first kappa shape index (κ1) is 13.3. The Morgan fingerprint density at radius 1 is 1.32 bits per heavy atom. The predicted molar refractivity (Wildman–Crippen MR) is 76.4 cm³/mol. The molecule has 2 heterocycles. The summed E-state index contributed by atoms with van der Waals surface area (Å²) in [7, 11) is 5.81. The molecule has 0 fully saturated rings. The van der Waals surface area contributed by atoms with E-state index >= 15 is 0 Å². The summed E-state index contributed by atoms with van der Waals surface area (Å²) in [6, 6.07) is 1.87. The van der Waals surface area contributed by atoms with Crippen molar-refractivity contribution in [1.29, 1.82) is 0 Å². The van der Waals surface area contributed by atoms with E-state index in [9.17, 15) is 0 Å². The maximum Gasteiger partial charge on any atom is 0.226 e. The number of rotatable bonds is 4. The monoisotopic (exact) mass is 260 g/mol. The van der Waals surface area contributed by atoms with Crippen molar-refractivity contribution in [2.75, 3.05) is 24.3 Å². The second-order valence-electron chi connectivity index (χ2n) is 4.76. The highest BCUT2D eigenvalue weighted by atomic mass is 15.3. The Hall–Kier alpha value is -2.11. The molecule has 0 aliphatic rings. The molecule has 0 radical (unpaired) electrons. The number of hydrogen-bond acceptors (Lipinski definition) is 5. The third kappa shape index (κ3) is 2.83. The van der Waals surface area contributed by atoms with Crippen LogP contribution in [-0.2, 0) is 13.6 Å². The molecule has 6 nitrogen and oxygen atoms in total. The Kier molecular flexibility index (Phi) is 3.69. The van der Waals surface area contributed by atoms with Crippen LogP contribution in [0.15, 0.2) is 12.3 Å². The van der Waals surface area contributed by atoms with Crippen LogP contribution >= 0.6 is 0 Å². The lowest BCUT2D eigenvalue weighted by Gasteiger charge is -2.11. The predicted octanol–water partition coefficient (Wildman–Crippen LogP) is 1.51. The lowest BCUT2D eigenvalue weighted by Crippen LogP contribution is -2.13. The maximum absolute atomic E-state index is 4.43. The Balaban J connectivity index is 2.12. The molecule has 0 aliphatic carbocycles. The van der Waals surface area contributed by atoms with Gasteiger partial charge in [-0.05, 0) is 19.9 Å². The highest BCUT2D eigenvalue weighted by Gasteiger charge is 2.09. The fourth-order valence-corrected chi connectivity index (χ4v) is 1.91. The molecule has 0 aliphatic heterocycles. The van der Waals surface area contributed by atoms with Gasteiger partial charge in [0.25, 0.3) is 0 Å². The smallest absolute Gasteiger partial charge is 0.226 e. The van der Waals surface area contributed by atoms with Gasteiger partial charge >= 0.3 is 0 Å². The fraction of sp³-hybridized carbons (Fsp3) is 0.462. The zero-order chi connectivity index (χ0) is 14.0. The number of aromatic nitrogens is 4.